The van der Waals surface area contributed by atoms with Gasteiger partial charge in [-0.25, -0.2) is 9.97 Å². The van der Waals surface area contributed by atoms with Crippen LogP contribution in [-0.2, 0) is 4.74 Å². The van der Waals surface area contributed by atoms with E-state index in [2.05, 4.69) is 35.1 Å². The molecule has 0 saturated heterocycles. The zero-order valence-corrected chi connectivity index (χ0v) is 13.6. The van der Waals surface area contributed by atoms with Gasteiger partial charge in [-0.1, -0.05) is 12.1 Å². The molecule has 4 rings (SSSR count). The number of para-hydroxylation sites is 2. The first-order chi connectivity index (χ1) is 10.8. The monoisotopic (exact) mass is 313 g/mol. The molecule has 3 aromatic rings. The quantitative estimate of drug-likeness (QED) is 0.707. The molecule has 114 valence electrons. The summed E-state index contributed by atoms with van der Waals surface area (Å²) < 4.78 is 7.61. The number of hydrogen-bond donors (Lipinski definition) is 0. The predicted molar refractivity (Wildman–Crippen MR) is 89.4 cm³/mol. The Hall–Kier alpha value is -1.72. The molecule has 1 atom stereocenters. The lowest BCUT2D eigenvalue weighted by atomic mass is 10.3. The molecule has 1 aliphatic rings. The van der Waals surface area contributed by atoms with Crippen LogP contribution in [0.5, 0.6) is 0 Å². The van der Waals surface area contributed by atoms with Crippen LogP contribution < -0.4 is 0 Å². The SMILES string of the molecule is COCC(C)n1c(-c2nc(C3CC3)cs2)nc2ccccc21. The lowest BCUT2D eigenvalue weighted by Gasteiger charge is -2.15. The van der Waals surface area contributed by atoms with Gasteiger partial charge in [0.2, 0.25) is 0 Å². The second-order valence-corrected chi connectivity index (χ2v) is 6.81. The van der Waals surface area contributed by atoms with E-state index in [4.69, 9.17) is 14.7 Å². The molecular weight excluding hydrogens is 294 g/mol. The molecule has 0 radical (unpaired) electrons. The van der Waals surface area contributed by atoms with Crippen LogP contribution >= 0.6 is 11.3 Å². The van der Waals surface area contributed by atoms with Crippen LogP contribution in [0.1, 0.15) is 37.4 Å². The average Bonchev–Trinajstić information content (AvgIpc) is 3.13. The summed E-state index contributed by atoms with van der Waals surface area (Å²) in [6.07, 6.45) is 2.55. The highest BCUT2D eigenvalue weighted by Gasteiger charge is 2.27. The zero-order valence-electron chi connectivity index (χ0n) is 12.8. The number of imidazole rings is 1. The van der Waals surface area contributed by atoms with Crippen molar-refractivity contribution in [3.05, 3.63) is 35.3 Å². The van der Waals surface area contributed by atoms with E-state index in [9.17, 15) is 0 Å². The van der Waals surface area contributed by atoms with Gasteiger partial charge in [-0.05, 0) is 31.9 Å². The number of ether oxygens (including phenoxy) is 1. The van der Waals surface area contributed by atoms with Crippen LogP contribution in [0, 0.1) is 0 Å². The van der Waals surface area contributed by atoms with Crippen LogP contribution in [-0.4, -0.2) is 28.3 Å². The summed E-state index contributed by atoms with van der Waals surface area (Å²) in [5.74, 6) is 1.64. The standard InChI is InChI=1S/C17H19N3OS/c1-11(9-21-2)20-15-6-4-3-5-13(15)18-16(20)17-19-14(10-22-17)12-7-8-12/h3-6,10-12H,7-9H2,1-2H3. The summed E-state index contributed by atoms with van der Waals surface area (Å²) in [6, 6.07) is 8.49. The fourth-order valence-corrected chi connectivity index (χ4v) is 3.80. The summed E-state index contributed by atoms with van der Waals surface area (Å²) in [5.41, 5.74) is 3.40. The Morgan fingerprint density at radius 2 is 2.14 bits per heavy atom. The topological polar surface area (TPSA) is 39.9 Å². The van der Waals surface area contributed by atoms with Crippen molar-refractivity contribution < 1.29 is 4.74 Å². The number of nitrogens with zero attached hydrogens (tertiary/aromatic N) is 3. The third kappa shape index (κ3) is 2.34. The van der Waals surface area contributed by atoms with Gasteiger partial charge in [0, 0.05) is 18.4 Å². The van der Waals surface area contributed by atoms with Crippen molar-refractivity contribution >= 4 is 22.4 Å². The van der Waals surface area contributed by atoms with E-state index in [-0.39, 0.29) is 6.04 Å². The minimum Gasteiger partial charge on any atom is -0.383 e. The third-order valence-electron chi connectivity index (χ3n) is 4.15. The molecule has 5 heteroatoms. The molecule has 1 fully saturated rings. The van der Waals surface area contributed by atoms with Gasteiger partial charge in [-0.2, -0.15) is 0 Å². The van der Waals surface area contributed by atoms with Crippen molar-refractivity contribution in [2.24, 2.45) is 0 Å². The molecule has 1 aromatic carbocycles. The van der Waals surface area contributed by atoms with Gasteiger partial charge < -0.3 is 9.30 Å². The lowest BCUT2D eigenvalue weighted by molar-refractivity contribution is 0.164. The number of benzene rings is 1. The summed E-state index contributed by atoms with van der Waals surface area (Å²) in [7, 11) is 1.74. The second kappa shape index (κ2) is 5.48. The van der Waals surface area contributed by atoms with Crippen LogP contribution in [0.4, 0.5) is 0 Å². The van der Waals surface area contributed by atoms with Gasteiger partial charge in [-0.3, -0.25) is 0 Å². The largest absolute Gasteiger partial charge is 0.383 e. The van der Waals surface area contributed by atoms with E-state index in [0.29, 0.717) is 12.5 Å². The minimum absolute atomic E-state index is 0.223. The first-order valence-corrected chi connectivity index (χ1v) is 8.57. The van der Waals surface area contributed by atoms with Crippen LogP contribution in [0.3, 0.4) is 0 Å². The summed E-state index contributed by atoms with van der Waals surface area (Å²) >= 11 is 1.70. The molecule has 2 heterocycles. The summed E-state index contributed by atoms with van der Waals surface area (Å²) in [4.78, 5) is 9.67. The van der Waals surface area contributed by atoms with E-state index >= 15 is 0 Å². The third-order valence-corrected chi connectivity index (χ3v) is 5.01. The highest BCUT2D eigenvalue weighted by Crippen LogP contribution is 2.41. The average molecular weight is 313 g/mol. The van der Waals surface area contributed by atoms with Crippen molar-refractivity contribution in [1.29, 1.82) is 0 Å². The number of aromatic nitrogens is 3. The number of methoxy groups -OCH3 is 1. The van der Waals surface area contributed by atoms with Gasteiger partial charge >= 0.3 is 0 Å². The molecule has 0 bridgehead atoms. The van der Waals surface area contributed by atoms with Crippen molar-refractivity contribution in [2.75, 3.05) is 13.7 Å². The lowest BCUT2D eigenvalue weighted by Crippen LogP contribution is -2.12. The molecule has 4 nitrogen and oxygen atoms in total. The van der Waals surface area contributed by atoms with Crippen LogP contribution in [0.25, 0.3) is 21.9 Å². The Morgan fingerprint density at radius 3 is 2.91 bits per heavy atom. The maximum Gasteiger partial charge on any atom is 0.170 e. The van der Waals surface area contributed by atoms with Crippen molar-refractivity contribution in [3.63, 3.8) is 0 Å². The maximum absolute atomic E-state index is 5.36. The van der Waals surface area contributed by atoms with Crippen LogP contribution in [0.2, 0.25) is 0 Å². The van der Waals surface area contributed by atoms with Gasteiger partial charge in [0.05, 0.1) is 29.4 Å². The van der Waals surface area contributed by atoms with Crippen LogP contribution in [0.15, 0.2) is 29.6 Å². The van der Waals surface area contributed by atoms with Crippen molar-refractivity contribution in [3.8, 4) is 10.8 Å². The minimum atomic E-state index is 0.223. The zero-order chi connectivity index (χ0) is 15.1. The highest BCUT2D eigenvalue weighted by molar-refractivity contribution is 7.13. The fourth-order valence-electron chi connectivity index (χ4n) is 2.91. The summed E-state index contributed by atoms with van der Waals surface area (Å²) in [6.45, 7) is 2.82. The Labute approximate surface area is 133 Å². The first-order valence-electron chi connectivity index (χ1n) is 7.69. The van der Waals surface area contributed by atoms with E-state index in [1.54, 1.807) is 18.4 Å². The predicted octanol–water partition coefficient (Wildman–Crippen LogP) is 4.24. The van der Waals surface area contributed by atoms with E-state index in [0.717, 1.165) is 21.9 Å². The van der Waals surface area contributed by atoms with Gasteiger partial charge in [0.25, 0.3) is 0 Å². The van der Waals surface area contributed by atoms with E-state index in [1.807, 2.05) is 6.07 Å². The van der Waals surface area contributed by atoms with Crippen molar-refractivity contribution in [2.45, 2.75) is 31.7 Å². The number of hydrogen-bond acceptors (Lipinski definition) is 4. The normalized spacial score (nSPS) is 16.3. The molecule has 1 aliphatic carbocycles. The molecule has 0 amide bonds. The Balaban J connectivity index is 1.85. The molecule has 0 aliphatic heterocycles. The molecule has 0 spiro atoms. The molecule has 1 unspecified atom stereocenters. The number of rotatable bonds is 5. The molecule has 22 heavy (non-hydrogen) atoms. The van der Waals surface area contributed by atoms with E-state index < -0.39 is 0 Å². The van der Waals surface area contributed by atoms with Crippen molar-refractivity contribution in [1.82, 2.24) is 14.5 Å². The molecular formula is C17H19N3OS. The van der Waals surface area contributed by atoms with Gasteiger partial charge in [0.15, 0.2) is 10.8 Å². The number of thiazole rings is 1. The highest BCUT2D eigenvalue weighted by atomic mass is 32.1. The Kier molecular flexibility index (Phi) is 3.47. The van der Waals surface area contributed by atoms with E-state index in [1.165, 1.54) is 18.5 Å². The van der Waals surface area contributed by atoms with Gasteiger partial charge in [-0.15, -0.1) is 11.3 Å². The molecule has 2 aromatic heterocycles. The van der Waals surface area contributed by atoms with Gasteiger partial charge in [0.1, 0.15) is 0 Å². The molecule has 0 N–H and O–H groups in total. The first kappa shape index (κ1) is 13.9. The molecule has 1 saturated carbocycles. The second-order valence-electron chi connectivity index (χ2n) is 5.95. The summed E-state index contributed by atoms with van der Waals surface area (Å²) in [5, 5.41) is 3.21. The smallest absolute Gasteiger partial charge is 0.170 e. The Morgan fingerprint density at radius 1 is 1.32 bits per heavy atom. The Bertz CT molecular complexity index is 803. The maximum atomic E-state index is 5.36. The number of fused-ring (bicyclic) bond motifs is 1. The fraction of sp³-hybridized carbons (Fsp3) is 0.412.